The largest absolute Gasteiger partial charge is 0.322 e. The molecule has 8 heteroatoms. The van der Waals surface area contributed by atoms with Gasteiger partial charge in [0, 0.05) is 31.5 Å². The Labute approximate surface area is 154 Å². The zero-order chi connectivity index (χ0) is 18.7. The van der Waals surface area contributed by atoms with E-state index in [1.165, 1.54) is 15.2 Å². The van der Waals surface area contributed by atoms with Crippen LogP contribution in [0.25, 0.3) is 0 Å². The molecule has 2 heterocycles. The number of nitrogens with one attached hydrogen (secondary N) is 1. The maximum Gasteiger partial charge on any atom is 0.263 e. The molecule has 1 aromatic heterocycles. The van der Waals surface area contributed by atoms with Crippen molar-refractivity contribution in [3.05, 3.63) is 41.6 Å². The first kappa shape index (κ1) is 18.6. The van der Waals surface area contributed by atoms with E-state index >= 15 is 0 Å². The van der Waals surface area contributed by atoms with E-state index in [9.17, 15) is 13.2 Å². The zero-order valence-electron chi connectivity index (χ0n) is 15.1. The minimum absolute atomic E-state index is 0.0823. The Morgan fingerprint density at radius 2 is 1.96 bits per heavy atom. The van der Waals surface area contributed by atoms with Gasteiger partial charge in [0.25, 0.3) is 15.9 Å². The molecular formula is C18H24N4O3S. The lowest BCUT2D eigenvalue weighted by atomic mass is 10.2. The third kappa shape index (κ3) is 3.81. The number of aryl methyl sites for hydroxylation is 2. The van der Waals surface area contributed by atoms with Crippen LogP contribution in [0.15, 0.2) is 35.5 Å². The first-order valence-electron chi connectivity index (χ1n) is 8.87. The molecule has 0 bridgehead atoms. The van der Waals surface area contributed by atoms with Gasteiger partial charge in [-0.1, -0.05) is 18.6 Å². The van der Waals surface area contributed by atoms with Crippen molar-refractivity contribution in [3.8, 4) is 0 Å². The number of amides is 1. The van der Waals surface area contributed by atoms with Crippen LogP contribution >= 0.6 is 0 Å². The molecule has 0 unspecified atom stereocenters. The molecule has 1 saturated heterocycles. The lowest BCUT2D eigenvalue weighted by Crippen LogP contribution is -2.36. The van der Waals surface area contributed by atoms with Crippen molar-refractivity contribution >= 4 is 21.6 Å². The average Bonchev–Trinajstić information content (AvgIpc) is 3.08. The summed E-state index contributed by atoms with van der Waals surface area (Å²) in [7, 11) is -3.79. The molecule has 26 heavy (non-hydrogen) atoms. The second-order valence-electron chi connectivity index (χ2n) is 6.49. The van der Waals surface area contributed by atoms with Crippen LogP contribution in [-0.4, -0.2) is 41.5 Å². The number of nitrogens with zero attached hydrogens (tertiary/aromatic N) is 3. The molecule has 1 aliphatic heterocycles. The van der Waals surface area contributed by atoms with Crippen LogP contribution in [0.2, 0.25) is 0 Å². The predicted octanol–water partition coefficient (Wildman–Crippen LogP) is 2.64. The van der Waals surface area contributed by atoms with Gasteiger partial charge in [-0.3, -0.25) is 9.48 Å². The molecular weight excluding hydrogens is 352 g/mol. The Kier molecular flexibility index (Phi) is 5.43. The molecule has 7 nitrogen and oxygen atoms in total. The van der Waals surface area contributed by atoms with Gasteiger partial charge in [0.05, 0.1) is 5.56 Å². The summed E-state index contributed by atoms with van der Waals surface area (Å²) in [5.41, 5.74) is 1.72. The van der Waals surface area contributed by atoms with E-state index in [0.717, 1.165) is 24.8 Å². The normalized spacial score (nSPS) is 15.8. The van der Waals surface area contributed by atoms with Crippen LogP contribution in [0.4, 0.5) is 5.69 Å². The minimum Gasteiger partial charge on any atom is -0.322 e. The van der Waals surface area contributed by atoms with Gasteiger partial charge in [0.2, 0.25) is 5.03 Å². The standard InChI is InChI=1S/C18H24N4O3S/c1-3-21-13-16(17(23)19-15-9-7-8-14(2)12-15)18(20-21)26(24,25)22-10-5-4-6-11-22/h7-9,12-13H,3-6,10-11H2,1-2H3,(H,19,23). The Balaban J connectivity index is 1.94. The number of anilines is 1. The monoisotopic (exact) mass is 376 g/mol. The van der Waals surface area contributed by atoms with Crippen molar-refractivity contribution in [2.45, 2.75) is 44.7 Å². The fourth-order valence-corrected chi connectivity index (χ4v) is 4.68. The van der Waals surface area contributed by atoms with E-state index in [4.69, 9.17) is 0 Å². The van der Waals surface area contributed by atoms with Crippen LogP contribution in [0, 0.1) is 6.92 Å². The number of sulfonamides is 1. The SMILES string of the molecule is CCn1cc(C(=O)Nc2cccc(C)c2)c(S(=O)(=O)N2CCCCC2)n1. The smallest absolute Gasteiger partial charge is 0.263 e. The molecule has 1 fully saturated rings. The van der Waals surface area contributed by atoms with E-state index in [1.807, 2.05) is 32.0 Å². The molecule has 2 aromatic rings. The Hall–Kier alpha value is -2.19. The van der Waals surface area contributed by atoms with Gasteiger partial charge < -0.3 is 5.32 Å². The van der Waals surface area contributed by atoms with Crippen molar-refractivity contribution < 1.29 is 13.2 Å². The second-order valence-corrected chi connectivity index (χ2v) is 8.35. The molecule has 1 amide bonds. The van der Waals surface area contributed by atoms with Crippen molar-refractivity contribution in [1.82, 2.24) is 14.1 Å². The molecule has 0 saturated carbocycles. The predicted molar refractivity (Wildman–Crippen MR) is 99.6 cm³/mol. The summed E-state index contributed by atoms with van der Waals surface area (Å²) in [6.45, 7) is 5.21. The number of rotatable bonds is 5. The third-order valence-electron chi connectivity index (χ3n) is 4.47. The molecule has 140 valence electrons. The first-order valence-corrected chi connectivity index (χ1v) is 10.3. The Bertz CT molecular complexity index is 899. The van der Waals surface area contributed by atoms with E-state index in [1.54, 1.807) is 6.07 Å². The number of piperidine rings is 1. The number of benzene rings is 1. The summed E-state index contributed by atoms with van der Waals surface area (Å²) in [5, 5.41) is 6.80. The van der Waals surface area contributed by atoms with Crippen molar-refractivity contribution in [2.75, 3.05) is 18.4 Å². The summed E-state index contributed by atoms with van der Waals surface area (Å²) in [6.07, 6.45) is 4.19. The number of carbonyl (C=O) groups is 1. The van der Waals surface area contributed by atoms with Crippen LogP contribution in [0.5, 0.6) is 0 Å². The van der Waals surface area contributed by atoms with Gasteiger partial charge in [0.15, 0.2) is 0 Å². The molecule has 1 aromatic carbocycles. The van der Waals surface area contributed by atoms with Gasteiger partial charge in [-0.25, -0.2) is 8.42 Å². The summed E-state index contributed by atoms with van der Waals surface area (Å²) < 4.78 is 29.0. The molecule has 3 rings (SSSR count). The van der Waals surface area contributed by atoms with Crippen molar-refractivity contribution in [3.63, 3.8) is 0 Å². The Morgan fingerprint density at radius 3 is 2.62 bits per heavy atom. The van der Waals surface area contributed by atoms with Gasteiger partial charge >= 0.3 is 0 Å². The fraction of sp³-hybridized carbons (Fsp3) is 0.444. The Morgan fingerprint density at radius 1 is 1.23 bits per heavy atom. The van der Waals surface area contributed by atoms with Crippen LogP contribution in [0.3, 0.4) is 0 Å². The zero-order valence-corrected chi connectivity index (χ0v) is 15.9. The quantitative estimate of drug-likeness (QED) is 0.869. The fourth-order valence-electron chi connectivity index (χ4n) is 3.06. The summed E-state index contributed by atoms with van der Waals surface area (Å²) in [5.74, 6) is -0.467. The minimum atomic E-state index is -3.79. The van der Waals surface area contributed by atoms with Gasteiger partial charge in [-0.15, -0.1) is 0 Å². The molecule has 0 atom stereocenters. The third-order valence-corrected chi connectivity index (χ3v) is 6.31. The van der Waals surface area contributed by atoms with E-state index in [-0.39, 0.29) is 10.6 Å². The second kappa shape index (κ2) is 7.59. The highest BCUT2D eigenvalue weighted by atomic mass is 32.2. The van der Waals surface area contributed by atoms with Crippen LogP contribution < -0.4 is 5.32 Å². The highest BCUT2D eigenvalue weighted by molar-refractivity contribution is 7.89. The number of hydrogen-bond donors (Lipinski definition) is 1. The molecule has 1 N–H and O–H groups in total. The molecule has 1 aliphatic rings. The topological polar surface area (TPSA) is 84.3 Å². The molecule has 0 spiro atoms. The maximum absolute atomic E-state index is 13.0. The maximum atomic E-state index is 13.0. The van der Waals surface area contributed by atoms with Crippen molar-refractivity contribution in [1.29, 1.82) is 0 Å². The number of hydrogen-bond acceptors (Lipinski definition) is 4. The summed E-state index contributed by atoms with van der Waals surface area (Å²) in [6, 6.07) is 7.37. The summed E-state index contributed by atoms with van der Waals surface area (Å²) >= 11 is 0. The van der Waals surface area contributed by atoms with Gasteiger partial charge in [-0.2, -0.15) is 9.40 Å². The molecule has 0 radical (unpaired) electrons. The van der Waals surface area contributed by atoms with E-state index in [0.29, 0.717) is 25.3 Å². The van der Waals surface area contributed by atoms with Gasteiger partial charge in [0.1, 0.15) is 0 Å². The van der Waals surface area contributed by atoms with Gasteiger partial charge in [-0.05, 0) is 44.4 Å². The van der Waals surface area contributed by atoms with Crippen molar-refractivity contribution in [2.24, 2.45) is 0 Å². The molecule has 0 aliphatic carbocycles. The van der Waals surface area contributed by atoms with E-state index < -0.39 is 15.9 Å². The first-order chi connectivity index (χ1) is 12.4. The average molecular weight is 376 g/mol. The summed E-state index contributed by atoms with van der Waals surface area (Å²) in [4.78, 5) is 12.8. The van der Waals surface area contributed by atoms with E-state index in [2.05, 4.69) is 10.4 Å². The lowest BCUT2D eigenvalue weighted by molar-refractivity contribution is 0.102. The number of aromatic nitrogens is 2. The van der Waals surface area contributed by atoms with Crippen LogP contribution in [-0.2, 0) is 16.6 Å². The lowest BCUT2D eigenvalue weighted by Gasteiger charge is -2.25. The highest BCUT2D eigenvalue weighted by Crippen LogP contribution is 2.23. The number of carbonyl (C=O) groups excluding carboxylic acids is 1. The van der Waals surface area contributed by atoms with Crippen LogP contribution in [0.1, 0.15) is 42.1 Å². The highest BCUT2D eigenvalue weighted by Gasteiger charge is 2.33.